The highest BCUT2D eigenvalue weighted by Gasteiger charge is 2.12. The van der Waals surface area contributed by atoms with Crippen LogP contribution in [0.3, 0.4) is 0 Å². The lowest BCUT2D eigenvalue weighted by Crippen LogP contribution is -2.38. The highest BCUT2D eigenvalue weighted by Crippen LogP contribution is 2.05. The third-order valence-electron chi connectivity index (χ3n) is 3.36. The van der Waals surface area contributed by atoms with Crippen LogP contribution in [0.2, 0.25) is 0 Å². The zero-order chi connectivity index (χ0) is 13.3. The molecule has 0 aromatic heterocycles. The van der Waals surface area contributed by atoms with Crippen LogP contribution >= 0.6 is 0 Å². The fourth-order valence-electron chi connectivity index (χ4n) is 1.93. The van der Waals surface area contributed by atoms with E-state index in [0.717, 1.165) is 19.5 Å². The van der Waals surface area contributed by atoms with Crippen molar-refractivity contribution in [3.63, 3.8) is 0 Å². The van der Waals surface area contributed by atoms with E-state index in [0.29, 0.717) is 0 Å². The number of hydrogen-bond donors (Lipinski definition) is 1. The zero-order valence-electron chi connectivity index (χ0n) is 12.6. The van der Waals surface area contributed by atoms with Crippen LogP contribution < -0.4 is 5.73 Å². The average Bonchev–Trinajstić information content (AvgIpc) is 2.27. The van der Waals surface area contributed by atoms with Crippen LogP contribution in [0.25, 0.3) is 0 Å². The first-order valence-corrected chi connectivity index (χ1v) is 7.16. The molecular formula is C14H33N3. The molecule has 0 aromatic carbocycles. The fraction of sp³-hybridized carbons (Fsp3) is 1.00. The molecule has 2 N–H and O–H groups in total. The topological polar surface area (TPSA) is 32.5 Å². The summed E-state index contributed by atoms with van der Waals surface area (Å²) in [6.07, 6.45) is 2.34. The van der Waals surface area contributed by atoms with Crippen LogP contribution in [0.15, 0.2) is 0 Å². The van der Waals surface area contributed by atoms with E-state index in [1.54, 1.807) is 0 Å². The Morgan fingerprint density at radius 3 is 1.71 bits per heavy atom. The second-order valence-electron chi connectivity index (χ2n) is 5.55. The Bertz CT molecular complexity index is 171. The molecule has 3 heteroatoms. The van der Waals surface area contributed by atoms with Crippen molar-refractivity contribution >= 4 is 0 Å². The summed E-state index contributed by atoms with van der Waals surface area (Å²) in [4.78, 5) is 5.00. The molecule has 0 amide bonds. The molecule has 3 nitrogen and oxygen atoms in total. The lowest BCUT2D eigenvalue weighted by molar-refractivity contribution is 0.230. The van der Waals surface area contributed by atoms with Crippen LogP contribution in [0, 0.1) is 0 Å². The largest absolute Gasteiger partial charge is 0.326 e. The van der Waals surface area contributed by atoms with Gasteiger partial charge in [0.1, 0.15) is 0 Å². The van der Waals surface area contributed by atoms with Crippen molar-refractivity contribution in [2.75, 3.05) is 39.3 Å². The molecule has 0 saturated carbocycles. The molecule has 0 aliphatic carbocycles. The van der Waals surface area contributed by atoms with Gasteiger partial charge in [0, 0.05) is 5.54 Å². The lowest BCUT2D eigenvalue weighted by Gasteiger charge is -2.26. The number of nitrogens with zero attached hydrogens (tertiary/aromatic N) is 2. The van der Waals surface area contributed by atoms with Gasteiger partial charge in [-0.1, -0.05) is 20.8 Å². The van der Waals surface area contributed by atoms with Gasteiger partial charge in [0.15, 0.2) is 0 Å². The molecular weight excluding hydrogens is 210 g/mol. The predicted molar refractivity (Wildman–Crippen MR) is 77.4 cm³/mol. The number of hydrogen-bond acceptors (Lipinski definition) is 3. The predicted octanol–water partition coefficient (Wildman–Crippen LogP) is 2.17. The van der Waals surface area contributed by atoms with Gasteiger partial charge in [-0.15, -0.1) is 0 Å². The molecule has 0 aliphatic rings. The van der Waals surface area contributed by atoms with E-state index in [9.17, 15) is 0 Å². The van der Waals surface area contributed by atoms with E-state index in [1.807, 2.05) is 0 Å². The maximum absolute atomic E-state index is 6.02. The minimum Gasteiger partial charge on any atom is -0.326 e. The smallest absolute Gasteiger partial charge is 0.0109 e. The van der Waals surface area contributed by atoms with Gasteiger partial charge < -0.3 is 15.5 Å². The molecule has 0 rings (SSSR count). The van der Waals surface area contributed by atoms with Crippen molar-refractivity contribution in [1.29, 1.82) is 0 Å². The van der Waals surface area contributed by atoms with Gasteiger partial charge in [0.05, 0.1) is 0 Å². The third-order valence-corrected chi connectivity index (χ3v) is 3.36. The molecule has 104 valence electrons. The summed E-state index contributed by atoms with van der Waals surface area (Å²) in [5, 5.41) is 0. The van der Waals surface area contributed by atoms with Gasteiger partial charge >= 0.3 is 0 Å². The summed E-state index contributed by atoms with van der Waals surface area (Å²) < 4.78 is 0. The lowest BCUT2D eigenvalue weighted by atomic mass is 10.0. The van der Waals surface area contributed by atoms with Crippen LogP contribution in [-0.2, 0) is 0 Å². The third kappa shape index (κ3) is 9.57. The van der Waals surface area contributed by atoms with E-state index < -0.39 is 0 Å². The van der Waals surface area contributed by atoms with Crippen LogP contribution in [0.1, 0.15) is 47.5 Å². The van der Waals surface area contributed by atoms with Crippen molar-refractivity contribution in [3.8, 4) is 0 Å². The van der Waals surface area contributed by atoms with Crippen molar-refractivity contribution in [2.24, 2.45) is 5.73 Å². The summed E-state index contributed by atoms with van der Waals surface area (Å²) in [6, 6.07) is 0. The van der Waals surface area contributed by atoms with Gasteiger partial charge in [-0.05, 0) is 66.0 Å². The first-order chi connectivity index (χ1) is 7.92. The molecule has 0 aliphatic heterocycles. The summed E-state index contributed by atoms with van der Waals surface area (Å²) in [7, 11) is 0. The molecule has 0 unspecified atom stereocenters. The Balaban J connectivity index is 3.75. The zero-order valence-corrected chi connectivity index (χ0v) is 12.6. The minimum absolute atomic E-state index is 0.0354. The van der Waals surface area contributed by atoms with E-state index in [2.05, 4.69) is 44.4 Å². The summed E-state index contributed by atoms with van der Waals surface area (Å²) >= 11 is 0. The maximum Gasteiger partial charge on any atom is 0.0109 e. The van der Waals surface area contributed by atoms with E-state index in [4.69, 9.17) is 5.73 Å². The first-order valence-electron chi connectivity index (χ1n) is 7.16. The maximum atomic E-state index is 6.02. The molecule has 0 radical (unpaired) electrons. The molecule has 0 fully saturated rings. The SMILES string of the molecule is CCN(CC)CCCN(CC)CCC(C)(C)N. The normalized spacial score (nSPS) is 12.7. The summed E-state index contributed by atoms with van der Waals surface area (Å²) in [5.41, 5.74) is 5.99. The Morgan fingerprint density at radius 2 is 1.29 bits per heavy atom. The molecule has 0 atom stereocenters. The second-order valence-corrected chi connectivity index (χ2v) is 5.55. The fourth-order valence-corrected chi connectivity index (χ4v) is 1.93. The van der Waals surface area contributed by atoms with Gasteiger partial charge in [0.25, 0.3) is 0 Å². The summed E-state index contributed by atoms with van der Waals surface area (Å²) in [5.74, 6) is 0. The summed E-state index contributed by atoms with van der Waals surface area (Å²) in [6.45, 7) is 17.9. The van der Waals surface area contributed by atoms with E-state index in [1.165, 1.54) is 32.6 Å². The minimum atomic E-state index is -0.0354. The molecule has 0 bridgehead atoms. The monoisotopic (exact) mass is 243 g/mol. The van der Waals surface area contributed by atoms with Crippen molar-refractivity contribution in [1.82, 2.24) is 9.80 Å². The Morgan fingerprint density at radius 1 is 0.824 bits per heavy atom. The van der Waals surface area contributed by atoms with Crippen molar-refractivity contribution < 1.29 is 0 Å². The highest BCUT2D eigenvalue weighted by molar-refractivity contribution is 4.73. The quantitative estimate of drug-likeness (QED) is 0.638. The standard InChI is InChI=1S/C14H33N3/c1-6-16(7-2)11-9-12-17(8-3)13-10-14(4,5)15/h6-13,15H2,1-5H3. The van der Waals surface area contributed by atoms with Crippen molar-refractivity contribution in [2.45, 2.75) is 53.0 Å². The Labute approximate surface area is 108 Å². The van der Waals surface area contributed by atoms with E-state index >= 15 is 0 Å². The van der Waals surface area contributed by atoms with Gasteiger partial charge in [-0.3, -0.25) is 0 Å². The number of nitrogens with two attached hydrogens (primary N) is 1. The molecule has 0 heterocycles. The molecule has 0 aromatic rings. The highest BCUT2D eigenvalue weighted by atomic mass is 15.1. The number of rotatable bonds is 10. The van der Waals surface area contributed by atoms with Gasteiger partial charge in [-0.25, -0.2) is 0 Å². The van der Waals surface area contributed by atoms with Gasteiger partial charge in [0.2, 0.25) is 0 Å². The van der Waals surface area contributed by atoms with Crippen LogP contribution in [0.4, 0.5) is 0 Å². The van der Waals surface area contributed by atoms with Crippen LogP contribution in [0.5, 0.6) is 0 Å². The van der Waals surface area contributed by atoms with Gasteiger partial charge in [-0.2, -0.15) is 0 Å². The molecule has 17 heavy (non-hydrogen) atoms. The average molecular weight is 243 g/mol. The second kappa shape index (κ2) is 8.90. The Hall–Kier alpha value is -0.120. The first kappa shape index (κ1) is 16.9. The molecule has 0 spiro atoms. The molecule has 0 saturated heterocycles. The van der Waals surface area contributed by atoms with E-state index in [-0.39, 0.29) is 5.54 Å². The van der Waals surface area contributed by atoms with Crippen molar-refractivity contribution in [3.05, 3.63) is 0 Å². The van der Waals surface area contributed by atoms with Crippen LogP contribution in [-0.4, -0.2) is 54.6 Å². The Kier molecular flexibility index (Phi) is 8.83.